The Labute approximate surface area is 205 Å². The molecular weight excluding hydrogens is 436 g/mol. The number of piperidine rings is 1. The molecule has 0 radical (unpaired) electrons. The van der Waals surface area contributed by atoms with Crippen molar-refractivity contribution in [1.29, 1.82) is 0 Å². The Morgan fingerprint density at radius 2 is 1.66 bits per heavy atom. The highest BCUT2D eigenvalue weighted by Gasteiger charge is 2.39. The van der Waals surface area contributed by atoms with Crippen LogP contribution in [0, 0.1) is 6.92 Å². The summed E-state index contributed by atoms with van der Waals surface area (Å²) >= 11 is 0. The summed E-state index contributed by atoms with van der Waals surface area (Å²) in [5.41, 5.74) is 6.88. The van der Waals surface area contributed by atoms with Crippen molar-refractivity contribution in [1.82, 2.24) is 14.6 Å². The maximum atomic E-state index is 12.4. The van der Waals surface area contributed by atoms with Crippen molar-refractivity contribution in [2.45, 2.75) is 57.5 Å². The Hall–Kier alpha value is -3.67. The Bertz CT molecular complexity index is 1380. The maximum absolute atomic E-state index is 12.4. The maximum Gasteiger partial charge on any atom is 0.310 e. The number of esters is 1. The predicted molar refractivity (Wildman–Crippen MR) is 137 cm³/mol. The highest BCUT2D eigenvalue weighted by atomic mass is 16.5. The Morgan fingerprint density at radius 1 is 0.943 bits per heavy atom. The largest absolute Gasteiger partial charge is 0.469 e. The minimum atomic E-state index is -0.247. The monoisotopic (exact) mass is 466 g/mol. The summed E-state index contributed by atoms with van der Waals surface area (Å²) in [6.45, 7) is 2.00. The second-order valence-corrected chi connectivity index (χ2v) is 9.72. The lowest BCUT2D eigenvalue weighted by Crippen LogP contribution is -2.42. The molecule has 2 unspecified atom stereocenters. The number of anilines is 1. The third kappa shape index (κ3) is 3.87. The van der Waals surface area contributed by atoms with E-state index in [-0.39, 0.29) is 12.4 Å². The van der Waals surface area contributed by atoms with Crippen LogP contribution in [0.4, 0.5) is 5.82 Å². The Kier molecular flexibility index (Phi) is 5.51. The molecule has 2 saturated heterocycles. The fourth-order valence-corrected chi connectivity index (χ4v) is 5.92. The van der Waals surface area contributed by atoms with Gasteiger partial charge in [0.1, 0.15) is 5.82 Å². The number of benzene rings is 2. The lowest BCUT2D eigenvalue weighted by Gasteiger charge is -2.38. The van der Waals surface area contributed by atoms with E-state index in [1.807, 2.05) is 17.5 Å². The Balaban J connectivity index is 1.51. The number of carbonyl (C=O) groups excluding carboxylic acids is 1. The molecule has 2 aromatic heterocycles. The first-order chi connectivity index (χ1) is 17.1. The van der Waals surface area contributed by atoms with E-state index in [1.165, 1.54) is 44.8 Å². The minimum Gasteiger partial charge on any atom is -0.469 e. The first-order valence-corrected chi connectivity index (χ1v) is 12.5. The van der Waals surface area contributed by atoms with Gasteiger partial charge in [0, 0.05) is 35.0 Å². The Morgan fingerprint density at radius 3 is 2.40 bits per heavy atom. The van der Waals surface area contributed by atoms with Crippen LogP contribution in [-0.2, 0) is 16.0 Å². The molecule has 2 atom stereocenters. The molecule has 0 amide bonds. The van der Waals surface area contributed by atoms with E-state index in [9.17, 15) is 4.79 Å². The van der Waals surface area contributed by atoms with Gasteiger partial charge in [-0.25, -0.2) is 4.98 Å². The SMILES string of the molecule is COC(=O)Cc1c(C)nc2cc(-c3cccc(-c4ccccc4)c3)nn2c1N1C2CCCC1CC2. The molecule has 4 heterocycles. The molecule has 6 heteroatoms. The van der Waals surface area contributed by atoms with Crippen molar-refractivity contribution in [3.05, 3.63) is 71.9 Å². The van der Waals surface area contributed by atoms with Gasteiger partial charge in [-0.15, -0.1) is 0 Å². The fourth-order valence-electron chi connectivity index (χ4n) is 5.92. The van der Waals surface area contributed by atoms with Crippen molar-refractivity contribution in [3.8, 4) is 22.4 Å². The van der Waals surface area contributed by atoms with Crippen LogP contribution in [-0.4, -0.2) is 39.8 Å². The summed E-state index contributed by atoms with van der Waals surface area (Å²) in [6.07, 6.45) is 6.22. The number of methoxy groups -OCH3 is 1. The van der Waals surface area contributed by atoms with Crippen molar-refractivity contribution >= 4 is 17.4 Å². The van der Waals surface area contributed by atoms with Crippen molar-refractivity contribution in [2.75, 3.05) is 12.0 Å². The molecule has 0 N–H and O–H groups in total. The number of nitrogens with zero attached hydrogens (tertiary/aromatic N) is 4. The molecule has 0 spiro atoms. The van der Waals surface area contributed by atoms with Crippen molar-refractivity contribution < 1.29 is 9.53 Å². The van der Waals surface area contributed by atoms with Crippen LogP contribution in [0.2, 0.25) is 0 Å². The zero-order chi connectivity index (χ0) is 23.9. The highest BCUT2D eigenvalue weighted by molar-refractivity contribution is 5.77. The van der Waals surface area contributed by atoms with Crippen LogP contribution in [0.3, 0.4) is 0 Å². The van der Waals surface area contributed by atoms with E-state index in [1.54, 1.807) is 0 Å². The average Bonchev–Trinajstić information content (AvgIpc) is 3.41. The number of carbonyl (C=O) groups is 1. The van der Waals surface area contributed by atoms with Gasteiger partial charge in [0.15, 0.2) is 5.65 Å². The molecule has 6 rings (SSSR count). The summed E-state index contributed by atoms with van der Waals surface area (Å²) in [7, 11) is 1.44. The number of aromatic nitrogens is 3. The van der Waals surface area contributed by atoms with Gasteiger partial charge in [-0.1, -0.05) is 48.5 Å². The van der Waals surface area contributed by atoms with Crippen molar-refractivity contribution in [2.24, 2.45) is 0 Å². The molecular formula is C29H30N4O2. The third-order valence-electron chi connectivity index (χ3n) is 7.63. The molecule has 178 valence electrons. The van der Waals surface area contributed by atoms with Gasteiger partial charge in [0.25, 0.3) is 0 Å². The average molecular weight is 467 g/mol. The fraction of sp³-hybridized carbons (Fsp3) is 0.345. The van der Waals surface area contributed by atoms with E-state index < -0.39 is 0 Å². The summed E-state index contributed by atoms with van der Waals surface area (Å²) in [5.74, 6) is 0.776. The van der Waals surface area contributed by atoms with Crippen LogP contribution >= 0.6 is 0 Å². The lowest BCUT2D eigenvalue weighted by atomic mass is 10.0. The molecule has 2 aliphatic rings. The van der Waals surface area contributed by atoms with Crippen LogP contribution in [0.5, 0.6) is 0 Å². The van der Waals surface area contributed by atoms with E-state index in [0.717, 1.165) is 39.5 Å². The molecule has 0 aliphatic carbocycles. The molecule has 6 nitrogen and oxygen atoms in total. The van der Waals surface area contributed by atoms with Crippen LogP contribution in [0.15, 0.2) is 60.7 Å². The number of ether oxygens (including phenoxy) is 1. The lowest BCUT2D eigenvalue weighted by molar-refractivity contribution is -0.139. The first kappa shape index (κ1) is 21.8. The first-order valence-electron chi connectivity index (χ1n) is 12.5. The molecule has 2 fully saturated rings. The van der Waals surface area contributed by atoms with Crippen LogP contribution < -0.4 is 4.90 Å². The van der Waals surface area contributed by atoms with Gasteiger partial charge in [0.2, 0.25) is 0 Å². The number of hydrogen-bond acceptors (Lipinski definition) is 5. The second-order valence-electron chi connectivity index (χ2n) is 9.72. The molecule has 2 aliphatic heterocycles. The topological polar surface area (TPSA) is 59.7 Å². The van der Waals surface area contributed by atoms with E-state index in [4.69, 9.17) is 14.8 Å². The summed E-state index contributed by atoms with van der Waals surface area (Å²) in [4.78, 5) is 19.8. The van der Waals surface area contributed by atoms with Crippen molar-refractivity contribution in [3.63, 3.8) is 0 Å². The minimum absolute atomic E-state index is 0.204. The smallest absolute Gasteiger partial charge is 0.310 e. The highest BCUT2D eigenvalue weighted by Crippen LogP contribution is 2.41. The third-order valence-corrected chi connectivity index (χ3v) is 7.63. The van der Waals surface area contributed by atoms with Gasteiger partial charge >= 0.3 is 5.97 Å². The number of aryl methyl sites for hydroxylation is 1. The molecule has 0 saturated carbocycles. The van der Waals surface area contributed by atoms with Crippen LogP contribution in [0.25, 0.3) is 28.0 Å². The predicted octanol–water partition coefficient (Wildman–Crippen LogP) is 5.61. The van der Waals surface area contributed by atoms with Crippen LogP contribution in [0.1, 0.15) is 43.4 Å². The molecule has 4 aromatic rings. The normalized spacial score (nSPS) is 19.3. The van der Waals surface area contributed by atoms with Gasteiger partial charge in [-0.2, -0.15) is 9.61 Å². The zero-order valence-electron chi connectivity index (χ0n) is 20.3. The molecule has 35 heavy (non-hydrogen) atoms. The van der Waals surface area contributed by atoms with E-state index in [0.29, 0.717) is 12.1 Å². The molecule has 2 aromatic carbocycles. The quantitative estimate of drug-likeness (QED) is 0.358. The summed E-state index contributed by atoms with van der Waals surface area (Å²) < 4.78 is 7.03. The summed E-state index contributed by atoms with van der Waals surface area (Å²) in [5, 5.41) is 5.08. The van der Waals surface area contributed by atoms with E-state index in [2.05, 4.69) is 59.5 Å². The number of fused-ring (bicyclic) bond motifs is 3. The summed E-state index contributed by atoms with van der Waals surface area (Å²) in [6, 6.07) is 21.9. The van der Waals surface area contributed by atoms with Gasteiger partial charge < -0.3 is 9.64 Å². The van der Waals surface area contributed by atoms with E-state index >= 15 is 0 Å². The van der Waals surface area contributed by atoms with Gasteiger partial charge in [-0.05, 0) is 56.2 Å². The standard InChI is InChI=1S/C29H30N4O2/c1-19-25(17-28(34)35-2)29(32-23-12-7-13-24(32)15-14-23)33-27(30-19)18-26(31-33)22-11-6-10-21(16-22)20-8-4-3-5-9-20/h3-6,8-11,16,18,23-24H,7,12-15,17H2,1-2H3. The second kappa shape index (κ2) is 8.84. The molecule has 2 bridgehead atoms. The zero-order valence-corrected chi connectivity index (χ0v) is 20.3. The number of hydrogen-bond donors (Lipinski definition) is 0. The van der Waals surface area contributed by atoms with Gasteiger partial charge in [-0.3, -0.25) is 4.79 Å². The number of rotatable bonds is 5. The van der Waals surface area contributed by atoms with Gasteiger partial charge in [0.05, 0.1) is 19.2 Å².